The number of aryl methyl sites for hydroxylation is 1. The van der Waals surface area contributed by atoms with Crippen LogP contribution >= 0.6 is 0 Å². The molecular weight excluding hydrogens is 249 g/mol. The molecule has 1 aromatic heterocycles. The number of carboxylic acid groups (broad SMARTS) is 1. The zero-order valence-electron chi connectivity index (χ0n) is 10.3. The van der Waals surface area contributed by atoms with Gasteiger partial charge in [0.05, 0.1) is 6.54 Å². The fraction of sp³-hybridized carbons (Fsp3) is 0.143. The van der Waals surface area contributed by atoms with Crippen molar-refractivity contribution in [2.24, 2.45) is 0 Å². The Morgan fingerprint density at radius 3 is 2.74 bits per heavy atom. The van der Waals surface area contributed by atoms with Crippen molar-refractivity contribution in [1.82, 2.24) is 4.57 Å². The summed E-state index contributed by atoms with van der Waals surface area (Å²) in [4.78, 5) is 22.8. The summed E-state index contributed by atoms with van der Waals surface area (Å²) in [7, 11) is 0. The minimum absolute atomic E-state index is 0.214. The third-order valence-corrected chi connectivity index (χ3v) is 2.90. The Morgan fingerprint density at radius 2 is 2.11 bits per heavy atom. The van der Waals surface area contributed by atoms with E-state index in [0.29, 0.717) is 5.56 Å². The lowest BCUT2D eigenvalue weighted by molar-refractivity contribution is 0.0694. The molecule has 4 nitrogen and oxygen atoms in total. The second-order valence-corrected chi connectivity index (χ2v) is 4.23. The highest BCUT2D eigenvalue weighted by Crippen LogP contribution is 2.11. The van der Waals surface area contributed by atoms with Crippen molar-refractivity contribution >= 4 is 5.97 Å². The number of halogens is 1. The number of aromatic carboxylic acids is 1. The fourth-order valence-electron chi connectivity index (χ4n) is 1.84. The summed E-state index contributed by atoms with van der Waals surface area (Å²) in [6.45, 7) is 1.95. The number of rotatable bonds is 3. The summed E-state index contributed by atoms with van der Waals surface area (Å²) in [6.07, 6.45) is 1.51. The second kappa shape index (κ2) is 5.06. The first-order valence-corrected chi connectivity index (χ1v) is 5.67. The van der Waals surface area contributed by atoms with Gasteiger partial charge in [-0.3, -0.25) is 4.79 Å². The van der Waals surface area contributed by atoms with Crippen LogP contribution in [0, 0.1) is 12.7 Å². The predicted molar refractivity (Wildman–Crippen MR) is 67.9 cm³/mol. The van der Waals surface area contributed by atoms with Crippen LogP contribution in [0.25, 0.3) is 0 Å². The first kappa shape index (κ1) is 13.0. The molecule has 98 valence electrons. The van der Waals surface area contributed by atoms with Gasteiger partial charge in [0.1, 0.15) is 11.4 Å². The number of hydrogen-bond acceptors (Lipinski definition) is 2. The van der Waals surface area contributed by atoms with E-state index in [1.807, 2.05) is 0 Å². The highest BCUT2D eigenvalue weighted by molar-refractivity contribution is 5.86. The lowest BCUT2D eigenvalue weighted by Crippen LogP contribution is -2.26. The van der Waals surface area contributed by atoms with Crippen LogP contribution in [0.5, 0.6) is 0 Å². The summed E-state index contributed by atoms with van der Waals surface area (Å²) < 4.78 is 14.3. The molecule has 1 heterocycles. The van der Waals surface area contributed by atoms with E-state index in [9.17, 15) is 14.0 Å². The third-order valence-electron chi connectivity index (χ3n) is 2.90. The molecule has 0 bridgehead atoms. The normalized spacial score (nSPS) is 10.4. The van der Waals surface area contributed by atoms with Gasteiger partial charge in [-0.1, -0.05) is 6.07 Å². The molecule has 2 rings (SSSR count). The average Bonchev–Trinajstić information content (AvgIpc) is 2.34. The standard InChI is InChI=1S/C14H12FNO3/c1-9-7-11(15)5-4-10(9)8-16-6-2-3-12(13(16)17)14(18)19/h2-7H,8H2,1H3,(H,18,19). The summed E-state index contributed by atoms with van der Waals surface area (Å²) in [5, 5.41) is 8.88. The lowest BCUT2D eigenvalue weighted by atomic mass is 10.1. The van der Waals surface area contributed by atoms with Crippen LogP contribution in [-0.4, -0.2) is 15.6 Å². The van der Waals surface area contributed by atoms with E-state index < -0.39 is 11.5 Å². The van der Waals surface area contributed by atoms with Crippen molar-refractivity contribution in [2.75, 3.05) is 0 Å². The zero-order valence-corrected chi connectivity index (χ0v) is 10.3. The molecule has 0 unspecified atom stereocenters. The van der Waals surface area contributed by atoms with Crippen molar-refractivity contribution in [3.05, 3.63) is 69.4 Å². The van der Waals surface area contributed by atoms with E-state index in [1.54, 1.807) is 13.0 Å². The van der Waals surface area contributed by atoms with Crippen molar-refractivity contribution in [2.45, 2.75) is 13.5 Å². The van der Waals surface area contributed by atoms with Gasteiger partial charge in [-0.05, 0) is 42.3 Å². The van der Waals surface area contributed by atoms with E-state index in [2.05, 4.69) is 0 Å². The molecule has 2 aromatic rings. The van der Waals surface area contributed by atoms with Crippen molar-refractivity contribution < 1.29 is 14.3 Å². The van der Waals surface area contributed by atoms with Gasteiger partial charge < -0.3 is 9.67 Å². The Balaban J connectivity index is 2.42. The predicted octanol–water partition coefficient (Wildman–Crippen LogP) is 2.04. The molecule has 19 heavy (non-hydrogen) atoms. The van der Waals surface area contributed by atoms with E-state index >= 15 is 0 Å². The number of aromatic nitrogens is 1. The first-order valence-electron chi connectivity index (χ1n) is 5.67. The molecular formula is C14H12FNO3. The SMILES string of the molecule is Cc1cc(F)ccc1Cn1cccc(C(=O)O)c1=O. The number of benzene rings is 1. The minimum atomic E-state index is -1.25. The summed E-state index contributed by atoms with van der Waals surface area (Å²) in [5.41, 5.74) is 0.639. The van der Waals surface area contributed by atoms with Gasteiger partial charge in [-0.15, -0.1) is 0 Å². The zero-order chi connectivity index (χ0) is 14.0. The van der Waals surface area contributed by atoms with Gasteiger partial charge in [0, 0.05) is 6.20 Å². The number of hydrogen-bond donors (Lipinski definition) is 1. The van der Waals surface area contributed by atoms with E-state index in [-0.39, 0.29) is 17.9 Å². The molecule has 0 aliphatic heterocycles. The van der Waals surface area contributed by atoms with Crippen LogP contribution in [0.2, 0.25) is 0 Å². The van der Waals surface area contributed by atoms with Gasteiger partial charge in [0.2, 0.25) is 0 Å². The van der Waals surface area contributed by atoms with Crippen LogP contribution in [0.1, 0.15) is 21.5 Å². The highest BCUT2D eigenvalue weighted by atomic mass is 19.1. The van der Waals surface area contributed by atoms with E-state index in [4.69, 9.17) is 5.11 Å². The lowest BCUT2D eigenvalue weighted by Gasteiger charge is -2.09. The van der Waals surface area contributed by atoms with Crippen LogP contribution in [-0.2, 0) is 6.54 Å². The van der Waals surface area contributed by atoms with Crippen molar-refractivity contribution in [3.63, 3.8) is 0 Å². The number of carbonyl (C=O) groups is 1. The third kappa shape index (κ3) is 2.70. The smallest absolute Gasteiger partial charge is 0.341 e. The fourth-order valence-corrected chi connectivity index (χ4v) is 1.84. The molecule has 0 saturated carbocycles. The Hall–Kier alpha value is -2.43. The number of nitrogens with zero attached hydrogens (tertiary/aromatic N) is 1. The molecule has 0 amide bonds. The molecule has 0 atom stereocenters. The summed E-state index contributed by atoms with van der Waals surface area (Å²) in [6, 6.07) is 7.04. The van der Waals surface area contributed by atoms with Crippen LogP contribution < -0.4 is 5.56 Å². The molecule has 0 radical (unpaired) electrons. The summed E-state index contributed by atoms with van der Waals surface area (Å²) in [5.74, 6) is -1.59. The van der Waals surface area contributed by atoms with Gasteiger partial charge in [0.25, 0.3) is 5.56 Å². The minimum Gasteiger partial charge on any atom is -0.477 e. The Kier molecular flexibility index (Phi) is 3.46. The average molecular weight is 261 g/mol. The second-order valence-electron chi connectivity index (χ2n) is 4.23. The molecule has 5 heteroatoms. The van der Waals surface area contributed by atoms with E-state index in [0.717, 1.165) is 5.56 Å². The summed E-state index contributed by atoms with van der Waals surface area (Å²) >= 11 is 0. The van der Waals surface area contributed by atoms with Gasteiger partial charge in [0.15, 0.2) is 0 Å². The Labute approximate surface area is 108 Å². The monoisotopic (exact) mass is 261 g/mol. The molecule has 1 aromatic carbocycles. The highest BCUT2D eigenvalue weighted by Gasteiger charge is 2.10. The van der Waals surface area contributed by atoms with Crippen LogP contribution in [0.3, 0.4) is 0 Å². The quantitative estimate of drug-likeness (QED) is 0.919. The Morgan fingerprint density at radius 1 is 1.37 bits per heavy atom. The molecule has 0 fully saturated rings. The number of carboxylic acids is 1. The van der Waals surface area contributed by atoms with Crippen molar-refractivity contribution in [3.8, 4) is 0 Å². The van der Waals surface area contributed by atoms with Crippen LogP contribution in [0.15, 0.2) is 41.3 Å². The maximum atomic E-state index is 13.0. The van der Waals surface area contributed by atoms with Crippen LogP contribution in [0.4, 0.5) is 4.39 Å². The van der Waals surface area contributed by atoms with E-state index in [1.165, 1.54) is 35.0 Å². The maximum Gasteiger partial charge on any atom is 0.341 e. The topological polar surface area (TPSA) is 59.3 Å². The molecule has 0 aliphatic rings. The molecule has 0 aliphatic carbocycles. The molecule has 0 spiro atoms. The van der Waals surface area contributed by atoms with Crippen molar-refractivity contribution in [1.29, 1.82) is 0 Å². The van der Waals surface area contributed by atoms with Gasteiger partial charge in [-0.25, -0.2) is 9.18 Å². The number of pyridine rings is 1. The first-order chi connectivity index (χ1) is 8.99. The maximum absolute atomic E-state index is 13.0. The van der Waals surface area contributed by atoms with Gasteiger partial charge >= 0.3 is 5.97 Å². The largest absolute Gasteiger partial charge is 0.477 e. The Bertz CT molecular complexity index is 691. The molecule has 1 N–H and O–H groups in total. The molecule has 0 saturated heterocycles. The van der Waals surface area contributed by atoms with Gasteiger partial charge in [-0.2, -0.15) is 0 Å².